The standard InChI is InChI=1S/C42H42N6O5/c1-25-4-5-29(38-26(2)45-53-27(38)3)22-36(25)47(31-8-6-30(7-9-31)42(24-43)17-18-42)21-16-28-14-19-46(20-15-28)32-10-11-33-34(23-32)41(52)48(40(33)51)35-12-13-37(49)44-39(35)50/h4-11,22-23,28,35H,12-21H2,1-3H3,(H,44,49,50). The number of hydrogen-bond donors (Lipinski definition) is 1. The zero-order chi connectivity index (χ0) is 37.0. The van der Waals surface area contributed by atoms with Crippen LogP contribution in [0, 0.1) is 38.0 Å². The number of hydrogen-bond acceptors (Lipinski definition) is 9. The predicted molar refractivity (Wildman–Crippen MR) is 199 cm³/mol. The second-order valence-electron chi connectivity index (χ2n) is 15.0. The third-order valence-electron chi connectivity index (χ3n) is 11.7. The first-order valence-electron chi connectivity index (χ1n) is 18.5. The summed E-state index contributed by atoms with van der Waals surface area (Å²) in [6, 6.07) is 21.9. The molecule has 3 aliphatic heterocycles. The van der Waals surface area contributed by atoms with Crippen molar-refractivity contribution < 1.29 is 23.7 Å². The summed E-state index contributed by atoms with van der Waals surface area (Å²) in [5.74, 6) is -0.713. The molecule has 1 N–H and O–H groups in total. The lowest BCUT2D eigenvalue weighted by molar-refractivity contribution is -0.136. The zero-order valence-corrected chi connectivity index (χ0v) is 30.3. The molecular weight excluding hydrogens is 668 g/mol. The number of rotatable bonds is 9. The number of nitrogens with zero attached hydrogens (tertiary/aromatic N) is 5. The Kier molecular flexibility index (Phi) is 8.64. The Bertz CT molecular complexity index is 2170. The minimum Gasteiger partial charge on any atom is -0.371 e. The molecule has 3 aromatic carbocycles. The van der Waals surface area contributed by atoms with Gasteiger partial charge in [-0.15, -0.1) is 0 Å². The fourth-order valence-electron chi connectivity index (χ4n) is 8.34. The largest absolute Gasteiger partial charge is 0.371 e. The molecule has 4 amide bonds. The van der Waals surface area contributed by atoms with E-state index in [-0.39, 0.29) is 18.3 Å². The van der Waals surface area contributed by atoms with E-state index in [1.165, 1.54) is 0 Å². The average Bonchev–Trinajstić information content (AvgIpc) is 3.84. The van der Waals surface area contributed by atoms with Gasteiger partial charge in [-0.05, 0) is 118 Å². The van der Waals surface area contributed by atoms with Crippen LogP contribution in [-0.2, 0) is 15.0 Å². The van der Waals surface area contributed by atoms with E-state index in [2.05, 4.69) is 75.7 Å². The number of nitrogens with one attached hydrogen (secondary N) is 1. The predicted octanol–water partition coefficient (Wildman–Crippen LogP) is 6.67. The smallest absolute Gasteiger partial charge is 0.262 e. The molecule has 1 aromatic heterocycles. The van der Waals surface area contributed by atoms with Gasteiger partial charge in [-0.2, -0.15) is 5.26 Å². The third-order valence-corrected chi connectivity index (χ3v) is 11.7. The van der Waals surface area contributed by atoms with Gasteiger partial charge in [0.05, 0.1) is 28.3 Å². The minimum absolute atomic E-state index is 0.0887. The fraction of sp³-hybridized carbons (Fsp3) is 0.381. The Morgan fingerprint density at radius 1 is 0.925 bits per heavy atom. The van der Waals surface area contributed by atoms with Crippen molar-refractivity contribution in [2.24, 2.45) is 5.92 Å². The summed E-state index contributed by atoms with van der Waals surface area (Å²) in [6.07, 6.45) is 4.96. The summed E-state index contributed by atoms with van der Waals surface area (Å²) in [4.78, 5) is 56.5. The summed E-state index contributed by atoms with van der Waals surface area (Å²) >= 11 is 0. The van der Waals surface area contributed by atoms with E-state index in [9.17, 15) is 24.4 Å². The SMILES string of the molecule is Cc1ccc(-c2c(C)noc2C)cc1N(CCC1CCN(c2ccc3c(c2)C(=O)N(C2CCC(=O)NC2=O)C3=O)CC1)c1ccc(C2(C#N)CC2)cc1. The molecule has 1 saturated carbocycles. The van der Waals surface area contributed by atoms with Crippen LogP contribution >= 0.6 is 0 Å². The van der Waals surface area contributed by atoms with Crippen molar-refractivity contribution in [1.82, 2.24) is 15.4 Å². The highest BCUT2D eigenvalue weighted by Crippen LogP contribution is 2.48. The monoisotopic (exact) mass is 710 g/mol. The molecule has 4 heterocycles. The average molecular weight is 711 g/mol. The van der Waals surface area contributed by atoms with E-state index in [0.717, 1.165) is 107 Å². The van der Waals surface area contributed by atoms with Crippen molar-refractivity contribution in [3.63, 3.8) is 0 Å². The normalized spacial score (nSPS) is 19.6. The zero-order valence-electron chi connectivity index (χ0n) is 30.3. The van der Waals surface area contributed by atoms with Crippen LogP contribution in [0.4, 0.5) is 17.1 Å². The van der Waals surface area contributed by atoms with Crippen molar-refractivity contribution in [2.45, 2.75) is 77.2 Å². The van der Waals surface area contributed by atoms with Crippen LogP contribution in [-0.4, -0.2) is 59.4 Å². The number of amides is 4. The number of nitriles is 1. The quantitative estimate of drug-likeness (QED) is 0.189. The number of aromatic nitrogens is 1. The Morgan fingerprint density at radius 3 is 2.32 bits per heavy atom. The molecule has 4 aliphatic rings. The van der Waals surface area contributed by atoms with Crippen molar-refractivity contribution in [1.29, 1.82) is 5.26 Å². The molecule has 2 saturated heterocycles. The van der Waals surface area contributed by atoms with Gasteiger partial charge >= 0.3 is 0 Å². The van der Waals surface area contributed by atoms with Crippen LogP contribution in [0.25, 0.3) is 11.1 Å². The van der Waals surface area contributed by atoms with Gasteiger partial charge in [0.1, 0.15) is 11.8 Å². The Morgan fingerprint density at radius 2 is 1.66 bits per heavy atom. The number of anilines is 3. The van der Waals surface area contributed by atoms with E-state index < -0.39 is 29.7 Å². The van der Waals surface area contributed by atoms with Gasteiger partial charge in [0.2, 0.25) is 11.8 Å². The molecule has 270 valence electrons. The molecule has 3 fully saturated rings. The first-order valence-corrected chi connectivity index (χ1v) is 18.5. The third kappa shape index (κ3) is 6.16. The number of carbonyl (C=O) groups is 4. The van der Waals surface area contributed by atoms with Gasteiger partial charge in [0.25, 0.3) is 11.8 Å². The first-order chi connectivity index (χ1) is 25.6. The number of imide groups is 2. The summed E-state index contributed by atoms with van der Waals surface area (Å²) in [5, 5.41) is 16.2. The van der Waals surface area contributed by atoms with Crippen molar-refractivity contribution >= 4 is 40.7 Å². The topological polar surface area (TPSA) is 140 Å². The van der Waals surface area contributed by atoms with Gasteiger partial charge in [-0.1, -0.05) is 29.4 Å². The summed E-state index contributed by atoms with van der Waals surface area (Å²) in [7, 11) is 0. The Hall–Kier alpha value is -5.76. The van der Waals surface area contributed by atoms with Crippen LogP contribution in [0.2, 0.25) is 0 Å². The van der Waals surface area contributed by atoms with Crippen LogP contribution in [0.3, 0.4) is 0 Å². The molecule has 1 unspecified atom stereocenters. The van der Waals surface area contributed by atoms with Crippen LogP contribution in [0.1, 0.15) is 88.2 Å². The second-order valence-corrected chi connectivity index (χ2v) is 15.0. The van der Waals surface area contributed by atoms with E-state index in [1.807, 2.05) is 19.9 Å². The highest BCUT2D eigenvalue weighted by atomic mass is 16.5. The van der Waals surface area contributed by atoms with Gasteiger partial charge in [-0.3, -0.25) is 29.4 Å². The molecule has 1 atom stereocenters. The lowest BCUT2D eigenvalue weighted by atomic mass is 9.92. The number of carbonyl (C=O) groups excluding carboxylic acids is 4. The Labute approximate surface area is 308 Å². The number of benzene rings is 3. The van der Waals surface area contributed by atoms with Gasteiger partial charge in [0.15, 0.2) is 0 Å². The minimum atomic E-state index is -0.980. The molecule has 1 aliphatic carbocycles. The van der Waals surface area contributed by atoms with Crippen LogP contribution < -0.4 is 15.1 Å². The first kappa shape index (κ1) is 34.3. The highest BCUT2D eigenvalue weighted by Gasteiger charge is 2.46. The highest BCUT2D eigenvalue weighted by molar-refractivity contribution is 6.23. The lowest BCUT2D eigenvalue weighted by Gasteiger charge is -2.35. The van der Waals surface area contributed by atoms with Crippen molar-refractivity contribution in [3.8, 4) is 17.2 Å². The van der Waals surface area contributed by atoms with E-state index >= 15 is 0 Å². The molecular formula is C42H42N6O5. The molecule has 8 rings (SSSR count). The van der Waals surface area contributed by atoms with E-state index in [4.69, 9.17) is 4.52 Å². The molecule has 0 spiro atoms. The van der Waals surface area contributed by atoms with E-state index in [1.54, 1.807) is 12.1 Å². The summed E-state index contributed by atoms with van der Waals surface area (Å²) in [6.45, 7) is 8.48. The molecule has 11 heteroatoms. The van der Waals surface area contributed by atoms with Crippen LogP contribution in [0.5, 0.6) is 0 Å². The van der Waals surface area contributed by atoms with Gasteiger partial charge in [-0.25, -0.2) is 0 Å². The van der Waals surface area contributed by atoms with Crippen LogP contribution in [0.15, 0.2) is 65.2 Å². The second kappa shape index (κ2) is 13.3. The van der Waals surface area contributed by atoms with Crippen molar-refractivity contribution in [2.75, 3.05) is 29.4 Å². The van der Waals surface area contributed by atoms with Crippen molar-refractivity contribution in [3.05, 3.63) is 94.4 Å². The molecule has 0 bridgehead atoms. The number of piperidine rings is 2. The Balaban J connectivity index is 0.980. The summed E-state index contributed by atoms with van der Waals surface area (Å²) in [5.41, 5.74) is 8.52. The molecule has 11 nitrogen and oxygen atoms in total. The van der Waals surface area contributed by atoms with Gasteiger partial charge in [0, 0.05) is 48.7 Å². The number of fused-ring (bicyclic) bond motifs is 1. The summed E-state index contributed by atoms with van der Waals surface area (Å²) < 4.78 is 5.51. The van der Waals surface area contributed by atoms with Gasteiger partial charge < -0.3 is 14.3 Å². The number of aryl methyl sites for hydroxylation is 3. The maximum absolute atomic E-state index is 13.4. The maximum atomic E-state index is 13.4. The molecule has 4 aromatic rings. The van der Waals surface area contributed by atoms with E-state index in [0.29, 0.717) is 17.0 Å². The maximum Gasteiger partial charge on any atom is 0.262 e. The molecule has 53 heavy (non-hydrogen) atoms. The molecule has 0 radical (unpaired) electrons. The fourth-order valence-corrected chi connectivity index (χ4v) is 8.34. The lowest BCUT2D eigenvalue weighted by Crippen LogP contribution is -2.54.